The predicted molar refractivity (Wildman–Crippen MR) is 113 cm³/mol. The van der Waals surface area contributed by atoms with Gasteiger partial charge in [0.15, 0.2) is 0 Å². The molecule has 1 aromatic heterocycles. The molecule has 0 bridgehead atoms. The van der Waals surface area contributed by atoms with Crippen molar-refractivity contribution in [1.82, 2.24) is 20.9 Å². The number of carbonyl (C=O) groups excluding carboxylic acids is 1. The summed E-state index contributed by atoms with van der Waals surface area (Å²) in [5.41, 5.74) is -0.601. The third kappa shape index (κ3) is 5.79. The van der Waals surface area contributed by atoms with Crippen molar-refractivity contribution >= 4 is 11.6 Å². The van der Waals surface area contributed by atoms with Crippen molar-refractivity contribution < 1.29 is 27.4 Å². The first-order valence-electron chi connectivity index (χ1n) is 10.6. The van der Waals surface area contributed by atoms with Crippen LogP contribution < -0.4 is 16.0 Å². The molecule has 8 nitrogen and oxygen atoms in total. The summed E-state index contributed by atoms with van der Waals surface area (Å²) in [5, 5.41) is 17.5. The summed E-state index contributed by atoms with van der Waals surface area (Å²) in [6.07, 6.45) is 1.75. The van der Waals surface area contributed by atoms with E-state index in [-0.39, 0.29) is 35.0 Å². The second kappa shape index (κ2) is 9.75. The number of halogens is 3. The maximum Gasteiger partial charge on any atom is 0.433 e. The number of hydrogen-bond acceptors (Lipinski definition) is 7. The molecule has 4 rings (SSSR count). The Labute approximate surface area is 188 Å². The van der Waals surface area contributed by atoms with Gasteiger partial charge in [0.1, 0.15) is 23.3 Å². The number of aromatic nitrogens is 1. The fourth-order valence-electron chi connectivity index (χ4n) is 3.47. The maximum absolute atomic E-state index is 13.0. The molecule has 176 valence electrons. The zero-order valence-corrected chi connectivity index (χ0v) is 17.7. The number of carbonyl (C=O) groups is 1. The molecule has 0 aromatic carbocycles. The van der Waals surface area contributed by atoms with E-state index < -0.39 is 17.8 Å². The summed E-state index contributed by atoms with van der Waals surface area (Å²) < 4.78 is 49.9. The molecule has 1 aliphatic carbocycles. The van der Waals surface area contributed by atoms with E-state index in [0.717, 1.165) is 38.1 Å². The van der Waals surface area contributed by atoms with E-state index in [9.17, 15) is 18.0 Å². The Balaban J connectivity index is 1.54. The Morgan fingerprint density at radius 1 is 1.24 bits per heavy atom. The molecule has 2 fully saturated rings. The van der Waals surface area contributed by atoms with Gasteiger partial charge in [0.2, 0.25) is 0 Å². The Kier molecular flexibility index (Phi) is 6.80. The number of nitrogens with zero attached hydrogens (tertiary/aromatic N) is 1. The van der Waals surface area contributed by atoms with Crippen molar-refractivity contribution in [3.05, 3.63) is 65.0 Å². The van der Waals surface area contributed by atoms with Crippen LogP contribution in [0.15, 0.2) is 53.6 Å². The standard InChI is InChI=1S/C22H24F3N5O3/c23-22(24,25)20-3-1-2-17(29-20)21(31)30-18-8-13(10-28-14-4-6-27-7-5-14)16(26)9-19(18)33-15-11-32-12-15/h1-3,8-10,14-15,26-28H,4-7,11-12H2,(H,30,31)/b13-10-,26-16?. The Morgan fingerprint density at radius 2 is 2.00 bits per heavy atom. The summed E-state index contributed by atoms with van der Waals surface area (Å²) in [5.74, 6) is -0.571. The van der Waals surface area contributed by atoms with Crippen LogP contribution in [-0.4, -0.2) is 55.1 Å². The summed E-state index contributed by atoms with van der Waals surface area (Å²) >= 11 is 0. The lowest BCUT2D eigenvalue weighted by Crippen LogP contribution is -2.38. The number of ether oxygens (including phenoxy) is 2. The molecule has 3 aliphatic rings. The quantitative estimate of drug-likeness (QED) is 0.516. The number of nitrogens with one attached hydrogen (secondary N) is 4. The van der Waals surface area contributed by atoms with Crippen LogP contribution >= 0.6 is 0 Å². The molecular weight excluding hydrogens is 439 g/mol. The molecule has 11 heteroatoms. The lowest BCUT2D eigenvalue weighted by Gasteiger charge is -2.30. The molecule has 2 saturated heterocycles. The molecule has 4 N–H and O–H groups in total. The molecule has 0 radical (unpaired) electrons. The van der Waals surface area contributed by atoms with Gasteiger partial charge < -0.3 is 30.8 Å². The highest BCUT2D eigenvalue weighted by Gasteiger charge is 2.33. The van der Waals surface area contributed by atoms with Crippen LogP contribution in [-0.2, 0) is 15.7 Å². The maximum atomic E-state index is 13.0. The van der Waals surface area contributed by atoms with Gasteiger partial charge >= 0.3 is 6.18 Å². The first-order chi connectivity index (χ1) is 15.8. The number of amides is 1. The number of piperidine rings is 1. The molecule has 1 amide bonds. The van der Waals surface area contributed by atoms with Gasteiger partial charge in [-0.05, 0) is 44.1 Å². The number of allylic oxidation sites excluding steroid dienone is 3. The van der Waals surface area contributed by atoms with E-state index in [4.69, 9.17) is 14.9 Å². The highest BCUT2D eigenvalue weighted by atomic mass is 19.4. The molecule has 0 unspecified atom stereocenters. The van der Waals surface area contributed by atoms with E-state index in [2.05, 4.69) is 20.9 Å². The minimum Gasteiger partial charge on any atom is -0.483 e. The second-order valence-electron chi connectivity index (χ2n) is 7.91. The zero-order valence-electron chi connectivity index (χ0n) is 17.7. The highest BCUT2D eigenvalue weighted by Crippen LogP contribution is 2.28. The molecular formula is C22H24F3N5O3. The van der Waals surface area contributed by atoms with Crippen LogP contribution in [0.3, 0.4) is 0 Å². The Morgan fingerprint density at radius 3 is 2.67 bits per heavy atom. The SMILES string of the molecule is N=C1C=C(OC2COC2)C(NC(=O)c2cccc(C(F)(F)F)n2)=C/C1=C/NC1CCNCC1. The monoisotopic (exact) mass is 463 g/mol. The van der Waals surface area contributed by atoms with Crippen molar-refractivity contribution in [2.75, 3.05) is 26.3 Å². The fraction of sp³-hybridized carbons (Fsp3) is 0.409. The lowest BCUT2D eigenvalue weighted by atomic mass is 10.0. The first-order valence-corrected chi connectivity index (χ1v) is 10.6. The predicted octanol–water partition coefficient (Wildman–Crippen LogP) is 2.27. The molecule has 33 heavy (non-hydrogen) atoms. The second-order valence-corrected chi connectivity index (χ2v) is 7.91. The zero-order chi connectivity index (χ0) is 23.4. The van der Waals surface area contributed by atoms with Gasteiger partial charge in [0.05, 0.1) is 24.6 Å². The summed E-state index contributed by atoms with van der Waals surface area (Å²) in [6.45, 7) is 2.56. The minimum atomic E-state index is -4.66. The number of hydrogen-bond donors (Lipinski definition) is 4. The summed E-state index contributed by atoms with van der Waals surface area (Å²) in [6, 6.07) is 3.40. The highest BCUT2D eigenvalue weighted by molar-refractivity contribution is 6.10. The normalized spacial score (nSPS) is 21.2. The van der Waals surface area contributed by atoms with Crippen molar-refractivity contribution in [3.8, 4) is 0 Å². The smallest absolute Gasteiger partial charge is 0.433 e. The van der Waals surface area contributed by atoms with Gasteiger partial charge in [-0.25, -0.2) is 4.98 Å². The van der Waals surface area contributed by atoms with Crippen LogP contribution in [0.1, 0.15) is 29.0 Å². The first kappa shape index (κ1) is 23.0. The van der Waals surface area contributed by atoms with Crippen molar-refractivity contribution in [1.29, 1.82) is 5.41 Å². The van der Waals surface area contributed by atoms with Gasteiger partial charge in [-0.3, -0.25) is 4.79 Å². The number of alkyl halides is 3. The van der Waals surface area contributed by atoms with Gasteiger partial charge in [-0.2, -0.15) is 13.2 Å². The Bertz CT molecular complexity index is 1010. The van der Waals surface area contributed by atoms with Gasteiger partial charge in [0, 0.05) is 23.9 Å². The molecule has 3 heterocycles. The van der Waals surface area contributed by atoms with E-state index >= 15 is 0 Å². The van der Waals surface area contributed by atoms with E-state index in [1.165, 1.54) is 12.1 Å². The van der Waals surface area contributed by atoms with Crippen LogP contribution in [0.25, 0.3) is 0 Å². The largest absolute Gasteiger partial charge is 0.483 e. The number of rotatable bonds is 6. The van der Waals surface area contributed by atoms with Crippen LogP contribution in [0.5, 0.6) is 0 Å². The molecule has 2 aliphatic heterocycles. The topological polar surface area (TPSA) is 108 Å². The average Bonchev–Trinajstić information content (AvgIpc) is 2.77. The summed E-state index contributed by atoms with van der Waals surface area (Å²) in [4.78, 5) is 16.1. The molecule has 0 atom stereocenters. The Hall–Kier alpha value is -3.18. The molecule has 0 spiro atoms. The minimum absolute atomic E-state index is 0.182. The van der Waals surface area contributed by atoms with E-state index in [1.807, 2.05) is 0 Å². The molecule has 1 aromatic rings. The van der Waals surface area contributed by atoms with Crippen LogP contribution in [0.2, 0.25) is 0 Å². The van der Waals surface area contributed by atoms with Gasteiger partial charge in [-0.1, -0.05) is 6.07 Å². The lowest BCUT2D eigenvalue weighted by molar-refractivity contribution is -0.141. The van der Waals surface area contributed by atoms with Gasteiger partial charge in [-0.15, -0.1) is 0 Å². The summed E-state index contributed by atoms with van der Waals surface area (Å²) in [7, 11) is 0. The third-order valence-electron chi connectivity index (χ3n) is 5.39. The van der Waals surface area contributed by atoms with Gasteiger partial charge in [0.25, 0.3) is 5.91 Å². The van der Waals surface area contributed by atoms with Crippen LogP contribution in [0, 0.1) is 5.41 Å². The molecule has 0 saturated carbocycles. The average molecular weight is 463 g/mol. The van der Waals surface area contributed by atoms with Crippen LogP contribution in [0.4, 0.5) is 13.2 Å². The fourth-order valence-corrected chi connectivity index (χ4v) is 3.47. The van der Waals surface area contributed by atoms with Crippen molar-refractivity contribution in [2.24, 2.45) is 0 Å². The van der Waals surface area contributed by atoms with E-state index in [0.29, 0.717) is 18.8 Å². The third-order valence-corrected chi connectivity index (χ3v) is 5.39. The number of pyridine rings is 1. The van der Waals surface area contributed by atoms with Crippen molar-refractivity contribution in [2.45, 2.75) is 31.2 Å². The van der Waals surface area contributed by atoms with E-state index in [1.54, 1.807) is 12.3 Å². The van der Waals surface area contributed by atoms with Crippen molar-refractivity contribution in [3.63, 3.8) is 0 Å².